The summed E-state index contributed by atoms with van der Waals surface area (Å²) in [5.41, 5.74) is 3.22. The van der Waals surface area contributed by atoms with Gasteiger partial charge in [0.25, 0.3) is 10.1 Å². The fourth-order valence-electron chi connectivity index (χ4n) is 5.77. The lowest BCUT2D eigenvalue weighted by atomic mass is 9.77. The Hall–Kier alpha value is -2.95. The van der Waals surface area contributed by atoms with Gasteiger partial charge in [-0.15, -0.1) is 0 Å². The SMILES string of the molecule is CCOc1cc(C(=O)OC)c(C2CC2)cc1CN1CCC2(CC1)CC(=O)N(c1ccc(S(=O)(=O)O)cc1)C2. The number of hydrogen-bond acceptors (Lipinski definition) is 7. The van der Waals surface area contributed by atoms with Crippen molar-refractivity contribution in [3.63, 3.8) is 0 Å². The van der Waals surface area contributed by atoms with Gasteiger partial charge in [0.2, 0.25) is 5.91 Å². The van der Waals surface area contributed by atoms with E-state index in [1.54, 1.807) is 17.0 Å². The topological polar surface area (TPSA) is 113 Å². The number of anilines is 1. The van der Waals surface area contributed by atoms with E-state index in [9.17, 15) is 22.6 Å². The zero-order chi connectivity index (χ0) is 27.1. The van der Waals surface area contributed by atoms with Crippen LogP contribution in [0.5, 0.6) is 5.75 Å². The molecule has 1 amide bonds. The first kappa shape index (κ1) is 26.6. The molecule has 2 saturated heterocycles. The van der Waals surface area contributed by atoms with Crippen LogP contribution >= 0.6 is 0 Å². The molecule has 2 aromatic rings. The predicted octanol–water partition coefficient (Wildman–Crippen LogP) is 4.02. The summed E-state index contributed by atoms with van der Waals surface area (Å²) >= 11 is 0. The van der Waals surface area contributed by atoms with Crippen LogP contribution in [0.1, 0.15) is 66.4 Å². The van der Waals surface area contributed by atoms with Crippen molar-refractivity contribution in [2.24, 2.45) is 5.41 Å². The van der Waals surface area contributed by atoms with Gasteiger partial charge < -0.3 is 14.4 Å². The molecule has 204 valence electrons. The normalized spacial score (nSPS) is 19.7. The molecule has 0 radical (unpaired) electrons. The van der Waals surface area contributed by atoms with Crippen molar-refractivity contribution in [3.05, 3.63) is 53.1 Å². The van der Waals surface area contributed by atoms with Gasteiger partial charge in [-0.05, 0) is 99.0 Å². The summed E-state index contributed by atoms with van der Waals surface area (Å²) in [7, 11) is -2.87. The molecule has 0 bridgehead atoms. The highest BCUT2D eigenvalue weighted by molar-refractivity contribution is 7.85. The van der Waals surface area contributed by atoms with Gasteiger partial charge in [0.15, 0.2) is 0 Å². The Morgan fingerprint density at radius 1 is 1.13 bits per heavy atom. The van der Waals surface area contributed by atoms with Crippen LogP contribution in [0.2, 0.25) is 0 Å². The minimum absolute atomic E-state index is 0.0316. The van der Waals surface area contributed by atoms with Crippen molar-refractivity contribution >= 4 is 27.7 Å². The van der Waals surface area contributed by atoms with Crippen molar-refractivity contribution in [3.8, 4) is 5.75 Å². The third-order valence-electron chi connectivity index (χ3n) is 8.03. The van der Waals surface area contributed by atoms with Gasteiger partial charge in [0.1, 0.15) is 5.75 Å². The van der Waals surface area contributed by atoms with Gasteiger partial charge >= 0.3 is 5.97 Å². The number of likely N-dealkylation sites (tertiary alicyclic amines) is 1. The molecule has 3 fully saturated rings. The minimum Gasteiger partial charge on any atom is -0.494 e. The fraction of sp³-hybridized carbons (Fsp3) is 0.500. The number of rotatable bonds is 8. The standard InChI is InChI=1S/C28H34N2O7S/c1-3-37-25-15-24(27(32)36-2)23(19-4-5-19)14-20(25)17-29-12-10-28(11-13-29)16-26(31)30(18-28)21-6-8-22(9-7-21)38(33,34)35/h6-9,14-15,19H,3-5,10-13,16-18H2,1-2H3,(H,33,34,35). The van der Waals surface area contributed by atoms with Crippen LogP contribution in [0, 0.1) is 5.41 Å². The smallest absolute Gasteiger partial charge is 0.338 e. The number of carbonyl (C=O) groups is 2. The Bertz CT molecular complexity index is 1330. The van der Waals surface area contributed by atoms with E-state index in [2.05, 4.69) is 11.0 Å². The highest BCUT2D eigenvalue weighted by Crippen LogP contribution is 2.45. The van der Waals surface area contributed by atoms with Crippen molar-refractivity contribution in [2.45, 2.75) is 56.4 Å². The maximum absolute atomic E-state index is 12.9. The molecule has 2 aliphatic heterocycles. The van der Waals surface area contributed by atoms with E-state index in [4.69, 9.17) is 9.47 Å². The number of carbonyl (C=O) groups excluding carboxylic acids is 2. The molecule has 2 aromatic carbocycles. The number of methoxy groups -OCH3 is 1. The molecule has 0 atom stereocenters. The van der Waals surface area contributed by atoms with Gasteiger partial charge in [-0.2, -0.15) is 8.42 Å². The molecule has 1 spiro atoms. The molecule has 1 N–H and O–H groups in total. The molecule has 10 heteroatoms. The van der Waals surface area contributed by atoms with E-state index < -0.39 is 10.1 Å². The maximum Gasteiger partial charge on any atom is 0.338 e. The molecular weight excluding hydrogens is 508 g/mol. The monoisotopic (exact) mass is 542 g/mol. The first-order valence-electron chi connectivity index (χ1n) is 13.1. The second kappa shape index (κ2) is 10.3. The van der Waals surface area contributed by atoms with Crippen LogP contribution in [0.25, 0.3) is 0 Å². The maximum atomic E-state index is 12.9. The van der Waals surface area contributed by atoms with E-state index in [1.165, 1.54) is 19.2 Å². The van der Waals surface area contributed by atoms with Crippen LogP contribution in [-0.2, 0) is 26.2 Å². The van der Waals surface area contributed by atoms with E-state index in [0.717, 1.165) is 49.9 Å². The summed E-state index contributed by atoms with van der Waals surface area (Å²) in [6, 6.07) is 9.74. The first-order chi connectivity index (χ1) is 18.1. The summed E-state index contributed by atoms with van der Waals surface area (Å²) in [5.74, 6) is 0.810. The fourth-order valence-corrected chi connectivity index (χ4v) is 6.25. The van der Waals surface area contributed by atoms with Crippen LogP contribution < -0.4 is 9.64 Å². The summed E-state index contributed by atoms with van der Waals surface area (Å²) in [6.45, 7) is 5.41. The van der Waals surface area contributed by atoms with E-state index in [1.807, 2.05) is 13.0 Å². The predicted molar refractivity (Wildman–Crippen MR) is 141 cm³/mol. The van der Waals surface area contributed by atoms with E-state index in [0.29, 0.717) is 49.0 Å². The van der Waals surface area contributed by atoms with E-state index >= 15 is 0 Å². The lowest BCUT2D eigenvalue weighted by Crippen LogP contribution is -2.41. The van der Waals surface area contributed by atoms with Crippen LogP contribution in [0.15, 0.2) is 41.3 Å². The highest BCUT2D eigenvalue weighted by atomic mass is 32.2. The van der Waals surface area contributed by atoms with Gasteiger partial charge in [0, 0.05) is 30.8 Å². The number of benzene rings is 2. The number of esters is 1. The third-order valence-corrected chi connectivity index (χ3v) is 8.90. The van der Waals surface area contributed by atoms with Crippen molar-refractivity contribution < 1.29 is 32.0 Å². The van der Waals surface area contributed by atoms with Crippen molar-refractivity contribution in [1.82, 2.24) is 4.90 Å². The summed E-state index contributed by atoms with van der Waals surface area (Å²) in [4.78, 5) is 29.3. The zero-order valence-electron chi connectivity index (χ0n) is 21.8. The second-order valence-corrected chi connectivity index (χ2v) is 12.1. The lowest BCUT2D eigenvalue weighted by Gasteiger charge is -2.39. The van der Waals surface area contributed by atoms with Gasteiger partial charge in [-0.25, -0.2) is 4.79 Å². The Morgan fingerprint density at radius 3 is 2.39 bits per heavy atom. The lowest BCUT2D eigenvalue weighted by molar-refractivity contribution is -0.118. The Balaban J connectivity index is 1.28. The zero-order valence-corrected chi connectivity index (χ0v) is 22.6. The molecule has 5 rings (SSSR count). The molecule has 0 unspecified atom stereocenters. The Labute approximate surface area is 223 Å². The van der Waals surface area contributed by atoms with Gasteiger partial charge in [-0.3, -0.25) is 14.2 Å². The number of nitrogens with zero attached hydrogens (tertiary/aromatic N) is 2. The molecule has 9 nitrogen and oxygen atoms in total. The summed E-state index contributed by atoms with van der Waals surface area (Å²) < 4.78 is 42.9. The van der Waals surface area contributed by atoms with Crippen LogP contribution in [-0.4, -0.2) is 63.1 Å². The Kier molecular flexibility index (Phi) is 7.23. The molecule has 38 heavy (non-hydrogen) atoms. The Morgan fingerprint density at radius 2 is 1.82 bits per heavy atom. The van der Waals surface area contributed by atoms with Crippen molar-refractivity contribution in [2.75, 3.05) is 38.3 Å². The largest absolute Gasteiger partial charge is 0.494 e. The number of hydrogen-bond donors (Lipinski definition) is 1. The quantitative estimate of drug-likeness (QED) is 0.393. The van der Waals surface area contributed by atoms with E-state index in [-0.39, 0.29) is 22.2 Å². The first-order valence-corrected chi connectivity index (χ1v) is 14.5. The molecule has 1 aliphatic carbocycles. The number of piperidine rings is 1. The molecule has 0 aromatic heterocycles. The van der Waals surface area contributed by atoms with Crippen LogP contribution in [0.3, 0.4) is 0 Å². The average molecular weight is 543 g/mol. The number of amides is 1. The van der Waals surface area contributed by atoms with Crippen molar-refractivity contribution in [1.29, 1.82) is 0 Å². The summed E-state index contributed by atoms with van der Waals surface area (Å²) in [5, 5.41) is 0. The molecular formula is C28H34N2O7S. The molecule has 1 saturated carbocycles. The second-order valence-electron chi connectivity index (χ2n) is 10.6. The number of ether oxygens (including phenoxy) is 2. The van der Waals surface area contributed by atoms with Gasteiger partial charge in [-0.1, -0.05) is 0 Å². The third kappa shape index (κ3) is 5.43. The summed E-state index contributed by atoms with van der Waals surface area (Å²) in [6.07, 6.45) is 4.36. The molecule has 2 heterocycles. The van der Waals surface area contributed by atoms with Crippen LogP contribution in [0.4, 0.5) is 5.69 Å². The average Bonchev–Trinajstić information content (AvgIpc) is 3.69. The molecule has 3 aliphatic rings. The highest BCUT2D eigenvalue weighted by Gasteiger charge is 2.45. The minimum atomic E-state index is -4.28. The van der Waals surface area contributed by atoms with Gasteiger partial charge in [0.05, 0.1) is 24.2 Å².